The molecule has 1 fully saturated rings. The van der Waals surface area contributed by atoms with Crippen molar-refractivity contribution in [3.05, 3.63) is 63.6 Å². The number of aryl methyl sites for hydroxylation is 2. The topological polar surface area (TPSA) is 164 Å². The predicted octanol–water partition coefficient (Wildman–Crippen LogP) is 1.16. The summed E-state index contributed by atoms with van der Waals surface area (Å²) in [7, 11) is 0. The van der Waals surface area contributed by atoms with E-state index in [-0.39, 0.29) is 40.8 Å². The van der Waals surface area contributed by atoms with E-state index in [1.165, 1.54) is 21.3 Å². The van der Waals surface area contributed by atoms with E-state index in [1.54, 1.807) is 32.0 Å². The minimum atomic E-state index is -0.892. The molecule has 0 radical (unpaired) electrons. The summed E-state index contributed by atoms with van der Waals surface area (Å²) in [5, 5.41) is 18.5. The zero-order valence-corrected chi connectivity index (χ0v) is 18.7. The molecule has 1 atom stereocenters. The molecular formula is C23H18N8O4. The number of rotatable bonds is 3. The van der Waals surface area contributed by atoms with Gasteiger partial charge in [0.05, 0.1) is 22.8 Å². The van der Waals surface area contributed by atoms with Crippen LogP contribution in [-0.2, 0) is 9.59 Å². The van der Waals surface area contributed by atoms with E-state index in [1.807, 2.05) is 6.07 Å². The molecule has 12 nitrogen and oxygen atoms in total. The second-order valence-corrected chi connectivity index (χ2v) is 8.14. The molecule has 0 spiro atoms. The summed E-state index contributed by atoms with van der Waals surface area (Å²) in [4.78, 5) is 59.6. The van der Waals surface area contributed by atoms with Crippen LogP contribution in [0.15, 0.2) is 35.3 Å². The van der Waals surface area contributed by atoms with Crippen LogP contribution in [0, 0.1) is 25.2 Å². The lowest BCUT2D eigenvalue weighted by atomic mass is 10.1. The number of anilines is 1. The van der Waals surface area contributed by atoms with E-state index in [4.69, 9.17) is 0 Å². The van der Waals surface area contributed by atoms with Crippen LogP contribution in [-0.4, -0.2) is 41.9 Å². The first-order chi connectivity index (χ1) is 16.8. The molecule has 5 rings (SSSR count). The fraction of sp³-hybridized carbons (Fsp3) is 0.217. The Morgan fingerprint density at radius 1 is 1.23 bits per heavy atom. The van der Waals surface area contributed by atoms with E-state index >= 15 is 0 Å². The number of nitriles is 1. The van der Waals surface area contributed by atoms with Crippen molar-refractivity contribution in [3.8, 4) is 6.07 Å². The van der Waals surface area contributed by atoms with E-state index < -0.39 is 29.3 Å². The molecule has 4 heterocycles. The lowest BCUT2D eigenvalue weighted by Gasteiger charge is -2.24. The van der Waals surface area contributed by atoms with Gasteiger partial charge in [-0.25, -0.2) is 14.5 Å². The van der Waals surface area contributed by atoms with Crippen LogP contribution in [0.4, 0.5) is 5.69 Å². The zero-order chi connectivity index (χ0) is 24.9. The molecule has 0 bridgehead atoms. The number of nitrogens with zero attached hydrogens (tertiary/aromatic N) is 6. The first-order valence-corrected chi connectivity index (χ1v) is 10.7. The molecule has 3 aromatic heterocycles. The molecule has 1 aromatic carbocycles. The fourth-order valence-electron chi connectivity index (χ4n) is 4.26. The Bertz CT molecular complexity index is 1680. The predicted molar refractivity (Wildman–Crippen MR) is 123 cm³/mol. The second-order valence-electron chi connectivity index (χ2n) is 8.14. The van der Waals surface area contributed by atoms with Crippen molar-refractivity contribution in [2.75, 3.05) is 5.32 Å². The second kappa shape index (κ2) is 8.14. The zero-order valence-electron chi connectivity index (χ0n) is 18.7. The molecule has 2 N–H and O–H groups in total. The standard InChI is InChI=1S/C23H18N8O4/c1-11-8-17(31-20(26-11)13(9-24)10-25-31)22(34)28-15-5-3-4-14-19(15)23(35)30(12(2)27-14)16-6-7-18(32)29-21(16)33/h3-5,8,10,16H,6-7H2,1-2H3,(H,28,34)(H,29,32,33). The average molecular weight is 470 g/mol. The first-order valence-electron chi connectivity index (χ1n) is 10.7. The third-order valence-electron chi connectivity index (χ3n) is 5.83. The minimum absolute atomic E-state index is 0.102. The summed E-state index contributed by atoms with van der Waals surface area (Å²) in [6.45, 7) is 3.30. The number of piperidine rings is 1. The van der Waals surface area contributed by atoms with Crippen LogP contribution in [0.2, 0.25) is 0 Å². The van der Waals surface area contributed by atoms with Gasteiger partial charge in [0, 0.05) is 12.1 Å². The Morgan fingerprint density at radius 3 is 2.77 bits per heavy atom. The number of aromatic nitrogens is 5. The van der Waals surface area contributed by atoms with E-state index in [0.29, 0.717) is 17.0 Å². The molecule has 174 valence electrons. The maximum atomic E-state index is 13.6. The van der Waals surface area contributed by atoms with Crippen LogP contribution < -0.4 is 16.2 Å². The molecule has 0 aliphatic carbocycles. The van der Waals surface area contributed by atoms with Crippen molar-refractivity contribution in [1.82, 2.24) is 29.5 Å². The molecule has 35 heavy (non-hydrogen) atoms. The van der Waals surface area contributed by atoms with Crippen molar-refractivity contribution in [1.29, 1.82) is 5.26 Å². The summed E-state index contributed by atoms with van der Waals surface area (Å²) in [5.74, 6) is -1.23. The van der Waals surface area contributed by atoms with Gasteiger partial charge >= 0.3 is 0 Å². The van der Waals surface area contributed by atoms with E-state index in [9.17, 15) is 24.4 Å². The third kappa shape index (κ3) is 3.59. The van der Waals surface area contributed by atoms with Gasteiger partial charge in [-0.1, -0.05) is 6.07 Å². The van der Waals surface area contributed by atoms with E-state index in [2.05, 4.69) is 25.7 Å². The monoisotopic (exact) mass is 470 g/mol. The molecule has 1 saturated heterocycles. The molecular weight excluding hydrogens is 452 g/mol. The normalized spacial score (nSPS) is 15.7. The SMILES string of the molecule is Cc1cc(C(=O)Nc2cccc3nc(C)n(C4CCC(=O)NC4=O)c(=O)c23)n2ncc(C#N)c2n1. The van der Waals surface area contributed by atoms with Crippen LogP contribution >= 0.6 is 0 Å². The maximum absolute atomic E-state index is 13.6. The highest BCUT2D eigenvalue weighted by molar-refractivity contribution is 6.08. The Morgan fingerprint density at radius 2 is 2.03 bits per heavy atom. The van der Waals surface area contributed by atoms with Crippen LogP contribution in [0.3, 0.4) is 0 Å². The van der Waals surface area contributed by atoms with Crippen LogP contribution in [0.5, 0.6) is 0 Å². The summed E-state index contributed by atoms with van der Waals surface area (Å²) in [6.07, 6.45) is 1.59. The number of carbonyl (C=O) groups is 3. The highest BCUT2D eigenvalue weighted by Crippen LogP contribution is 2.24. The van der Waals surface area contributed by atoms with Crippen molar-refractivity contribution >= 4 is 40.0 Å². The van der Waals surface area contributed by atoms with Gasteiger partial charge in [-0.15, -0.1) is 0 Å². The molecule has 0 saturated carbocycles. The highest BCUT2D eigenvalue weighted by atomic mass is 16.2. The number of hydrogen-bond acceptors (Lipinski definition) is 8. The minimum Gasteiger partial charge on any atom is -0.320 e. The van der Waals surface area contributed by atoms with Gasteiger partial charge in [0.15, 0.2) is 5.65 Å². The van der Waals surface area contributed by atoms with Gasteiger partial charge in [0.2, 0.25) is 11.8 Å². The molecule has 3 amide bonds. The number of benzene rings is 1. The highest BCUT2D eigenvalue weighted by Gasteiger charge is 2.31. The third-order valence-corrected chi connectivity index (χ3v) is 5.83. The average Bonchev–Trinajstić information content (AvgIpc) is 3.22. The van der Waals surface area contributed by atoms with Crippen LogP contribution in [0.25, 0.3) is 16.6 Å². The van der Waals surface area contributed by atoms with Crippen molar-refractivity contribution in [2.45, 2.75) is 32.7 Å². The summed E-state index contributed by atoms with van der Waals surface area (Å²) >= 11 is 0. The Labute approximate surface area is 197 Å². The van der Waals surface area contributed by atoms with Gasteiger partial charge in [-0.05, 0) is 38.5 Å². The Kier molecular flexibility index (Phi) is 5.09. The molecule has 1 unspecified atom stereocenters. The van der Waals surface area contributed by atoms with E-state index in [0.717, 1.165) is 0 Å². The van der Waals surface area contributed by atoms with Crippen molar-refractivity contribution in [2.24, 2.45) is 0 Å². The Balaban J connectivity index is 1.61. The van der Waals surface area contributed by atoms with Gasteiger partial charge < -0.3 is 5.32 Å². The van der Waals surface area contributed by atoms with Gasteiger partial charge in [-0.2, -0.15) is 10.4 Å². The Hall–Kier alpha value is -4.92. The van der Waals surface area contributed by atoms with Crippen molar-refractivity contribution < 1.29 is 14.4 Å². The fourth-order valence-corrected chi connectivity index (χ4v) is 4.26. The molecule has 4 aromatic rings. The summed E-state index contributed by atoms with van der Waals surface area (Å²) in [6, 6.07) is 7.46. The number of nitrogens with one attached hydrogen (secondary N) is 2. The molecule has 1 aliphatic rings. The smallest absolute Gasteiger partial charge is 0.274 e. The summed E-state index contributed by atoms with van der Waals surface area (Å²) in [5.41, 5.74) is 1.12. The molecule has 12 heteroatoms. The quantitative estimate of drug-likeness (QED) is 0.421. The number of amides is 3. The lowest BCUT2D eigenvalue weighted by molar-refractivity contribution is -0.135. The largest absolute Gasteiger partial charge is 0.320 e. The maximum Gasteiger partial charge on any atom is 0.274 e. The van der Waals surface area contributed by atoms with Gasteiger partial charge in [0.1, 0.15) is 29.2 Å². The first kappa shape index (κ1) is 21.9. The summed E-state index contributed by atoms with van der Waals surface area (Å²) < 4.78 is 2.51. The van der Waals surface area contributed by atoms with Crippen molar-refractivity contribution in [3.63, 3.8) is 0 Å². The number of hydrogen-bond donors (Lipinski definition) is 2. The van der Waals surface area contributed by atoms with Gasteiger partial charge in [0.25, 0.3) is 11.5 Å². The lowest BCUT2D eigenvalue weighted by Crippen LogP contribution is -2.45. The van der Waals surface area contributed by atoms with Crippen LogP contribution in [0.1, 0.15) is 46.5 Å². The number of carbonyl (C=O) groups excluding carboxylic acids is 3. The number of fused-ring (bicyclic) bond motifs is 2. The number of imide groups is 1. The molecule has 1 aliphatic heterocycles. The van der Waals surface area contributed by atoms with Gasteiger partial charge in [-0.3, -0.25) is 29.1 Å².